The molecule has 0 amide bonds. The van der Waals surface area contributed by atoms with Crippen molar-refractivity contribution in [3.05, 3.63) is 47.0 Å². The molecule has 2 aromatic rings. The molecule has 0 radical (unpaired) electrons. The van der Waals surface area contributed by atoms with E-state index in [2.05, 4.69) is 0 Å². The molecule has 4 rings (SSSR count). The van der Waals surface area contributed by atoms with Crippen molar-refractivity contribution in [3.63, 3.8) is 0 Å². The topological polar surface area (TPSA) is 168 Å². The summed E-state index contributed by atoms with van der Waals surface area (Å²) < 4.78 is 28.5. The number of ether oxygens (including phenoxy) is 5. The fraction of sp³-hybridized carbons (Fsp3) is 0.538. The number of aliphatic hydroxyl groups excluding tert-OH is 6. The van der Waals surface area contributed by atoms with Crippen LogP contribution in [0.2, 0.25) is 0 Å². The summed E-state index contributed by atoms with van der Waals surface area (Å²) in [4.78, 5) is 0. The number of aliphatic hydroxyl groups is 6. The van der Waals surface area contributed by atoms with Crippen molar-refractivity contribution >= 4 is 0 Å². The number of methoxy groups -OCH3 is 2. The molecule has 6 N–H and O–H groups in total. The highest BCUT2D eigenvalue weighted by Crippen LogP contribution is 2.51. The maximum absolute atomic E-state index is 10.4. The Balaban J connectivity index is 1.64. The van der Waals surface area contributed by atoms with E-state index in [1.165, 1.54) is 14.2 Å². The van der Waals surface area contributed by atoms with Gasteiger partial charge < -0.3 is 54.3 Å². The normalized spacial score (nSPS) is 28.9. The zero-order valence-electron chi connectivity index (χ0n) is 20.7. The third-order valence-corrected chi connectivity index (χ3v) is 6.80. The molecule has 2 aliphatic heterocycles. The van der Waals surface area contributed by atoms with Crippen molar-refractivity contribution < 1.29 is 54.3 Å². The van der Waals surface area contributed by atoms with Gasteiger partial charge in [0.25, 0.3) is 0 Å². The molecule has 11 nitrogen and oxygen atoms in total. The van der Waals surface area contributed by atoms with Crippen LogP contribution in [0.3, 0.4) is 0 Å². The summed E-state index contributed by atoms with van der Waals surface area (Å²) in [6.45, 7) is -0.735. The number of hydrogen-bond acceptors (Lipinski definition) is 11. The van der Waals surface area contributed by atoms with Crippen LogP contribution in [0.5, 0.6) is 23.0 Å². The molecule has 204 valence electrons. The van der Waals surface area contributed by atoms with Crippen LogP contribution >= 0.6 is 0 Å². The molecule has 37 heavy (non-hydrogen) atoms. The minimum atomic E-state index is -1.59. The number of benzene rings is 2. The Morgan fingerprint density at radius 2 is 1.59 bits per heavy atom. The molecule has 0 aliphatic carbocycles. The summed E-state index contributed by atoms with van der Waals surface area (Å²) in [5.41, 5.74) is 2.37. The largest absolute Gasteiger partial charge is 0.493 e. The van der Waals surface area contributed by atoms with E-state index in [0.29, 0.717) is 35.7 Å². The molecular weight excluding hydrogens is 488 g/mol. The Kier molecular flexibility index (Phi) is 8.75. The molecular formula is C26H34O11. The van der Waals surface area contributed by atoms with Gasteiger partial charge in [-0.15, -0.1) is 0 Å². The Labute approximate surface area is 214 Å². The molecule has 7 atom stereocenters. The average molecular weight is 523 g/mol. The van der Waals surface area contributed by atoms with Crippen LogP contribution in [0.15, 0.2) is 30.3 Å². The van der Waals surface area contributed by atoms with Crippen molar-refractivity contribution in [2.45, 2.75) is 55.6 Å². The van der Waals surface area contributed by atoms with Gasteiger partial charge in [-0.1, -0.05) is 12.1 Å². The minimum absolute atomic E-state index is 0.0605. The average Bonchev–Trinajstić information content (AvgIpc) is 3.30. The van der Waals surface area contributed by atoms with E-state index in [0.717, 1.165) is 11.1 Å². The summed E-state index contributed by atoms with van der Waals surface area (Å²) in [5.74, 6) is 1.09. The molecule has 0 saturated carbocycles. The van der Waals surface area contributed by atoms with E-state index < -0.39 is 49.3 Å². The second kappa shape index (κ2) is 11.8. The molecule has 11 heteroatoms. The predicted molar refractivity (Wildman–Crippen MR) is 129 cm³/mol. The summed E-state index contributed by atoms with van der Waals surface area (Å²) in [5, 5.41) is 59.6. The molecule has 2 aliphatic rings. The van der Waals surface area contributed by atoms with Crippen LogP contribution in [0.4, 0.5) is 0 Å². The van der Waals surface area contributed by atoms with Gasteiger partial charge in [0.2, 0.25) is 6.29 Å². The second-order valence-corrected chi connectivity index (χ2v) is 9.10. The molecule has 1 fully saturated rings. The monoisotopic (exact) mass is 522 g/mol. The van der Waals surface area contributed by atoms with Crippen molar-refractivity contribution in [2.75, 3.05) is 34.0 Å². The summed E-state index contributed by atoms with van der Waals surface area (Å²) in [7, 11) is 2.97. The third-order valence-electron chi connectivity index (χ3n) is 6.80. The van der Waals surface area contributed by atoms with Crippen molar-refractivity contribution in [3.8, 4) is 23.0 Å². The van der Waals surface area contributed by atoms with E-state index in [1.807, 2.05) is 12.1 Å². The Hall–Kier alpha value is -2.64. The maximum atomic E-state index is 10.4. The van der Waals surface area contributed by atoms with E-state index in [-0.39, 0.29) is 19.0 Å². The maximum Gasteiger partial charge on any atom is 0.229 e. The summed E-state index contributed by atoms with van der Waals surface area (Å²) in [6, 6.07) is 8.83. The first-order valence-corrected chi connectivity index (χ1v) is 12.1. The highest BCUT2D eigenvalue weighted by Gasteiger charge is 2.45. The quantitative estimate of drug-likeness (QED) is 0.249. The molecule has 2 aromatic carbocycles. The second-order valence-electron chi connectivity index (χ2n) is 9.10. The van der Waals surface area contributed by atoms with Crippen molar-refractivity contribution in [1.29, 1.82) is 0 Å². The number of aryl methyl sites for hydroxylation is 1. The van der Waals surface area contributed by atoms with E-state index in [9.17, 15) is 30.6 Å². The van der Waals surface area contributed by atoms with Crippen LogP contribution in [0.25, 0.3) is 0 Å². The summed E-state index contributed by atoms with van der Waals surface area (Å²) >= 11 is 0. The van der Waals surface area contributed by atoms with Crippen LogP contribution in [0, 0.1) is 0 Å². The standard InChI is InChI=1S/C26H34O11/c1-33-17-6-5-14(10-18(17)35-26-23(32)22(31)21(30)20(12-29)36-26)24-16(11-28)15-8-13(4-3-7-27)9-19(34-2)25(15)37-24/h5-6,8-10,16,20-24,26-32H,3-4,7,11-12H2,1-2H3/t16-,20-,21-,22+,23-,24+,26-/m0/s1. The van der Waals surface area contributed by atoms with E-state index in [4.69, 9.17) is 23.7 Å². The lowest BCUT2D eigenvalue weighted by Crippen LogP contribution is -2.60. The van der Waals surface area contributed by atoms with Crippen LogP contribution in [-0.4, -0.2) is 95.4 Å². The Morgan fingerprint density at radius 1 is 0.838 bits per heavy atom. The highest BCUT2D eigenvalue weighted by atomic mass is 16.7. The first-order chi connectivity index (χ1) is 17.9. The highest BCUT2D eigenvalue weighted by molar-refractivity contribution is 5.56. The third kappa shape index (κ3) is 5.34. The number of rotatable bonds is 10. The van der Waals surface area contributed by atoms with Gasteiger partial charge in [0.05, 0.1) is 33.4 Å². The zero-order chi connectivity index (χ0) is 26.7. The Bertz CT molecular complexity index is 1060. The fourth-order valence-electron chi connectivity index (χ4n) is 4.78. The molecule has 0 aromatic heterocycles. The van der Waals surface area contributed by atoms with Crippen LogP contribution in [-0.2, 0) is 11.2 Å². The number of fused-ring (bicyclic) bond motifs is 1. The van der Waals surface area contributed by atoms with Gasteiger partial charge in [-0.05, 0) is 42.2 Å². The van der Waals surface area contributed by atoms with E-state index in [1.54, 1.807) is 18.2 Å². The van der Waals surface area contributed by atoms with Crippen molar-refractivity contribution in [1.82, 2.24) is 0 Å². The molecule has 0 spiro atoms. The fourth-order valence-corrected chi connectivity index (χ4v) is 4.78. The lowest BCUT2D eigenvalue weighted by atomic mass is 9.90. The minimum Gasteiger partial charge on any atom is -0.493 e. The smallest absolute Gasteiger partial charge is 0.229 e. The van der Waals surface area contributed by atoms with E-state index >= 15 is 0 Å². The molecule has 0 bridgehead atoms. The van der Waals surface area contributed by atoms with Gasteiger partial charge in [0, 0.05) is 12.2 Å². The molecule has 0 unspecified atom stereocenters. The first kappa shape index (κ1) is 27.4. The molecule has 1 saturated heterocycles. The first-order valence-electron chi connectivity index (χ1n) is 12.1. The van der Waals surface area contributed by atoms with Crippen LogP contribution < -0.4 is 18.9 Å². The van der Waals surface area contributed by atoms with Gasteiger partial charge in [-0.2, -0.15) is 0 Å². The lowest BCUT2D eigenvalue weighted by molar-refractivity contribution is -0.277. The SMILES string of the molecule is COc1ccc([C@H]2Oc3c(OC)cc(CCCO)cc3[C@@H]2CO)cc1O[C@H]1O[C@@H](CO)[C@H](O)[C@@H](O)[C@@H]1O. The summed E-state index contributed by atoms with van der Waals surface area (Å²) in [6.07, 6.45) is -6.60. The van der Waals surface area contributed by atoms with Gasteiger partial charge >= 0.3 is 0 Å². The van der Waals surface area contributed by atoms with Gasteiger partial charge in [-0.3, -0.25) is 0 Å². The predicted octanol–water partition coefficient (Wildman–Crippen LogP) is 0.0170. The lowest BCUT2D eigenvalue weighted by Gasteiger charge is -2.39. The van der Waals surface area contributed by atoms with Gasteiger partial charge in [0.15, 0.2) is 23.0 Å². The number of hydrogen-bond donors (Lipinski definition) is 6. The molecule has 2 heterocycles. The Morgan fingerprint density at radius 3 is 2.24 bits per heavy atom. The van der Waals surface area contributed by atoms with Crippen LogP contribution in [0.1, 0.15) is 35.1 Å². The van der Waals surface area contributed by atoms with Gasteiger partial charge in [-0.25, -0.2) is 0 Å². The van der Waals surface area contributed by atoms with Crippen molar-refractivity contribution in [2.24, 2.45) is 0 Å². The van der Waals surface area contributed by atoms with Gasteiger partial charge in [0.1, 0.15) is 30.5 Å². The zero-order valence-corrected chi connectivity index (χ0v) is 20.7.